The summed E-state index contributed by atoms with van der Waals surface area (Å²) in [5.74, 6) is 0.856. The van der Waals surface area contributed by atoms with Gasteiger partial charge in [-0.1, -0.05) is 0 Å². The summed E-state index contributed by atoms with van der Waals surface area (Å²) in [7, 11) is 2.02. The van der Waals surface area contributed by atoms with Crippen LogP contribution in [-0.4, -0.2) is 26.2 Å². The molecule has 54 valence electrons. The van der Waals surface area contributed by atoms with Crippen LogP contribution in [0.3, 0.4) is 0 Å². The van der Waals surface area contributed by atoms with Gasteiger partial charge in [-0.05, 0) is 39.4 Å². The van der Waals surface area contributed by atoms with E-state index in [0.29, 0.717) is 0 Å². The molecule has 9 heavy (non-hydrogen) atoms. The zero-order valence-corrected chi connectivity index (χ0v) is 6.28. The van der Waals surface area contributed by atoms with Gasteiger partial charge in [-0.2, -0.15) is 0 Å². The minimum Gasteiger partial charge on any atom is -0.319 e. The van der Waals surface area contributed by atoms with Crippen molar-refractivity contribution in [3.05, 3.63) is 0 Å². The van der Waals surface area contributed by atoms with Crippen molar-refractivity contribution in [1.29, 1.82) is 0 Å². The first-order chi connectivity index (χ1) is 4.34. The van der Waals surface area contributed by atoms with E-state index in [9.17, 15) is 0 Å². The van der Waals surface area contributed by atoms with E-state index >= 15 is 0 Å². The SMILES string of the molecule is CNCC1CCNC1C. The van der Waals surface area contributed by atoms with Crippen LogP contribution < -0.4 is 10.6 Å². The van der Waals surface area contributed by atoms with E-state index < -0.39 is 0 Å². The molecule has 2 heteroatoms. The van der Waals surface area contributed by atoms with Crippen LogP contribution in [0.5, 0.6) is 0 Å². The van der Waals surface area contributed by atoms with Crippen molar-refractivity contribution >= 4 is 0 Å². The van der Waals surface area contributed by atoms with Crippen molar-refractivity contribution in [2.75, 3.05) is 20.1 Å². The fraction of sp³-hybridized carbons (Fsp3) is 1.00. The third-order valence-electron chi connectivity index (χ3n) is 2.15. The summed E-state index contributed by atoms with van der Waals surface area (Å²) < 4.78 is 0. The van der Waals surface area contributed by atoms with Crippen molar-refractivity contribution in [2.24, 2.45) is 5.92 Å². The number of rotatable bonds is 2. The molecule has 1 aliphatic heterocycles. The van der Waals surface area contributed by atoms with E-state index in [4.69, 9.17) is 0 Å². The van der Waals surface area contributed by atoms with Gasteiger partial charge in [0.1, 0.15) is 0 Å². The fourth-order valence-electron chi connectivity index (χ4n) is 1.45. The Morgan fingerprint density at radius 1 is 1.67 bits per heavy atom. The molecule has 0 aliphatic carbocycles. The minimum absolute atomic E-state index is 0.720. The highest BCUT2D eigenvalue weighted by Crippen LogP contribution is 2.12. The zero-order valence-electron chi connectivity index (χ0n) is 6.28. The first-order valence-corrected chi connectivity index (χ1v) is 3.72. The molecule has 0 saturated carbocycles. The highest BCUT2D eigenvalue weighted by Gasteiger charge is 2.20. The van der Waals surface area contributed by atoms with Crippen LogP contribution in [0.25, 0.3) is 0 Å². The van der Waals surface area contributed by atoms with Crippen LogP contribution in [0.4, 0.5) is 0 Å². The van der Waals surface area contributed by atoms with Crippen molar-refractivity contribution < 1.29 is 0 Å². The second kappa shape index (κ2) is 3.18. The molecule has 1 saturated heterocycles. The van der Waals surface area contributed by atoms with Crippen molar-refractivity contribution in [3.8, 4) is 0 Å². The molecule has 0 aromatic rings. The lowest BCUT2D eigenvalue weighted by Gasteiger charge is -2.13. The Labute approximate surface area is 57.0 Å². The first-order valence-electron chi connectivity index (χ1n) is 3.72. The monoisotopic (exact) mass is 128 g/mol. The van der Waals surface area contributed by atoms with Crippen LogP contribution in [0, 0.1) is 5.92 Å². The second-order valence-corrected chi connectivity index (χ2v) is 2.85. The van der Waals surface area contributed by atoms with E-state index in [2.05, 4.69) is 17.6 Å². The molecule has 0 radical (unpaired) electrons. The van der Waals surface area contributed by atoms with Gasteiger partial charge >= 0.3 is 0 Å². The van der Waals surface area contributed by atoms with Gasteiger partial charge in [0.15, 0.2) is 0 Å². The summed E-state index contributed by atoms with van der Waals surface area (Å²) in [6.45, 7) is 4.62. The predicted molar refractivity (Wildman–Crippen MR) is 39.5 cm³/mol. The third-order valence-corrected chi connectivity index (χ3v) is 2.15. The molecule has 0 aromatic carbocycles. The van der Waals surface area contributed by atoms with Gasteiger partial charge in [0.25, 0.3) is 0 Å². The average molecular weight is 128 g/mol. The molecule has 0 bridgehead atoms. The van der Waals surface area contributed by atoms with Crippen molar-refractivity contribution in [1.82, 2.24) is 10.6 Å². The smallest absolute Gasteiger partial charge is 0.00795 e. The lowest BCUT2D eigenvalue weighted by molar-refractivity contribution is 0.457. The normalized spacial score (nSPS) is 35.3. The van der Waals surface area contributed by atoms with E-state index in [-0.39, 0.29) is 0 Å². The fourth-order valence-corrected chi connectivity index (χ4v) is 1.45. The zero-order chi connectivity index (χ0) is 6.69. The Morgan fingerprint density at radius 2 is 2.44 bits per heavy atom. The van der Waals surface area contributed by atoms with Gasteiger partial charge < -0.3 is 10.6 Å². The van der Waals surface area contributed by atoms with Gasteiger partial charge in [-0.15, -0.1) is 0 Å². The number of nitrogens with one attached hydrogen (secondary N) is 2. The molecule has 1 aliphatic rings. The topological polar surface area (TPSA) is 24.1 Å². The molecule has 1 rings (SSSR count). The molecule has 0 aromatic heterocycles. The lowest BCUT2D eigenvalue weighted by Crippen LogP contribution is -2.29. The van der Waals surface area contributed by atoms with E-state index in [0.717, 1.165) is 18.5 Å². The maximum absolute atomic E-state index is 3.41. The molecular weight excluding hydrogens is 112 g/mol. The van der Waals surface area contributed by atoms with Crippen LogP contribution in [0.1, 0.15) is 13.3 Å². The summed E-state index contributed by atoms with van der Waals surface area (Å²) in [5.41, 5.74) is 0. The van der Waals surface area contributed by atoms with E-state index in [1.165, 1.54) is 13.0 Å². The van der Waals surface area contributed by atoms with Crippen molar-refractivity contribution in [3.63, 3.8) is 0 Å². The summed E-state index contributed by atoms with van der Waals surface area (Å²) >= 11 is 0. The Bertz CT molecular complexity index is 83.0. The van der Waals surface area contributed by atoms with E-state index in [1.54, 1.807) is 0 Å². The summed E-state index contributed by atoms with van der Waals surface area (Å²) in [6, 6.07) is 0.720. The van der Waals surface area contributed by atoms with E-state index in [1.807, 2.05) is 7.05 Å². The van der Waals surface area contributed by atoms with Gasteiger partial charge in [0.05, 0.1) is 0 Å². The summed E-state index contributed by atoms with van der Waals surface area (Å²) in [6.07, 6.45) is 1.34. The van der Waals surface area contributed by atoms with Gasteiger partial charge in [-0.25, -0.2) is 0 Å². The largest absolute Gasteiger partial charge is 0.319 e. The summed E-state index contributed by atoms with van der Waals surface area (Å²) in [4.78, 5) is 0. The summed E-state index contributed by atoms with van der Waals surface area (Å²) in [5, 5.41) is 6.61. The molecule has 2 nitrogen and oxygen atoms in total. The van der Waals surface area contributed by atoms with Crippen LogP contribution in [0.2, 0.25) is 0 Å². The molecule has 1 heterocycles. The van der Waals surface area contributed by atoms with Gasteiger partial charge in [0, 0.05) is 6.04 Å². The second-order valence-electron chi connectivity index (χ2n) is 2.85. The maximum atomic E-state index is 3.41. The third kappa shape index (κ3) is 1.66. The molecular formula is C7H16N2. The number of hydrogen-bond acceptors (Lipinski definition) is 2. The Morgan fingerprint density at radius 3 is 2.89 bits per heavy atom. The molecule has 1 fully saturated rings. The Balaban J connectivity index is 2.22. The molecule has 2 N–H and O–H groups in total. The maximum Gasteiger partial charge on any atom is 0.00795 e. The Kier molecular flexibility index (Phi) is 2.49. The average Bonchev–Trinajstić information content (AvgIpc) is 2.18. The minimum atomic E-state index is 0.720. The molecule has 0 amide bonds. The van der Waals surface area contributed by atoms with Crippen molar-refractivity contribution in [2.45, 2.75) is 19.4 Å². The first kappa shape index (κ1) is 7.03. The standard InChI is InChI=1S/C7H16N2/c1-6-7(5-8-2)3-4-9-6/h6-9H,3-5H2,1-2H3. The van der Waals surface area contributed by atoms with Crippen LogP contribution in [0.15, 0.2) is 0 Å². The molecule has 2 atom stereocenters. The highest BCUT2D eigenvalue weighted by molar-refractivity contribution is 4.80. The van der Waals surface area contributed by atoms with Gasteiger partial charge in [0.2, 0.25) is 0 Å². The molecule has 2 unspecified atom stereocenters. The van der Waals surface area contributed by atoms with Gasteiger partial charge in [-0.3, -0.25) is 0 Å². The Hall–Kier alpha value is -0.0800. The highest BCUT2D eigenvalue weighted by atomic mass is 15.0. The predicted octanol–water partition coefficient (Wildman–Crippen LogP) is 0.204. The lowest BCUT2D eigenvalue weighted by atomic mass is 10.0. The number of hydrogen-bond donors (Lipinski definition) is 2. The van der Waals surface area contributed by atoms with Crippen LogP contribution >= 0.6 is 0 Å². The molecule has 0 spiro atoms. The van der Waals surface area contributed by atoms with Crippen LogP contribution in [-0.2, 0) is 0 Å². The quantitative estimate of drug-likeness (QED) is 0.555.